The van der Waals surface area contributed by atoms with Gasteiger partial charge in [-0.1, -0.05) is 42.5 Å². The fourth-order valence-corrected chi connectivity index (χ4v) is 4.94. The maximum absolute atomic E-state index is 13.7. The smallest absolute Gasteiger partial charge is 0.308 e. The van der Waals surface area contributed by atoms with E-state index in [0.29, 0.717) is 0 Å². The average molecular weight is 467 g/mol. The number of aliphatic hydroxyl groups excluding tert-OH is 2. The summed E-state index contributed by atoms with van der Waals surface area (Å²) in [6.07, 6.45) is 5.14. The molecule has 4 rings (SSSR count). The minimum absolute atomic E-state index is 0.0128. The van der Waals surface area contributed by atoms with Crippen molar-refractivity contribution < 1.29 is 28.9 Å². The predicted molar refractivity (Wildman–Crippen MR) is 128 cm³/mol. The van der Waals surface area contributed by atoms with Crippen molar-refractivity contribution in [3.05, 3.63) is 83.2 Å². The first-order valence-corrected chi connectivity index (χ1v) is 11.9. The maximum atomic E-state index is 13.7. The molecule has 1 spiro atoms. The molecule has 0 saturated heterocycles. The molecule has 6 heteroatoms. The predicted octanol–water partition coefficient (Wildman–Crippen LogP) is 4.95. The number of carbonyl (C=O) groups excluding carboxylic acids is 1. The Morgan fingerprint density at radius 1 is 1.15 bits per heavy atom. The fourth-order valence-electron chi connectivity index (χ4n) is 4.94. The van der Waals surface area contributed by atoms with E-state index >= 15 is 0 Å². The molecule has 1 aliphatic heterocycles. The summed E-state index contributed by atoms with van der Waals surface area (Å²) >= 11 is 0. The molecule has 2 N–H and O–H groups in total. The first kappa shape index (κ1) is 24.2. The Morgan fingerprint density at radius 3 is 2.56 bits per heavy atom. The van der Waals surface area contributed by atoms with Crippen molar-refractivity contribution >= 4 is 11.5 Å². The molecule has 2 aromatic carbocycles. The van der Waals surface area contributed by atoms with Gasteiger partial charge in [0.2, 0.25) is 0 Å². The van der Waals surface area contributed by atoms with Gasteiger partial charge in [0.05, 0.1) is 25.2 Å². The highest BCUT2D eigenvalue weighted by Gasteiger charge is 2.44. The van der Waals surface area contributed by atoms with E-state index in [2.05, 4.69) is 0 Å². The number of halogens is 1. The van der Waals surface area contributed by atoms with E-state index in [1.807, 2.05) is 30.3 Å². The molecule has 1 heterocycles. The molecule has 0 radical (unpaired) electrons. The monoisotopic (exact) mass is 466 g/mol. The van der Waals surface area contributed by atoms with Crippen LogP contribution in [0.2, 0.25) is 0 Å². The van der Waals surface area contributed by atoms with Crippen LogP contribution in [-0.4, -0.2) is 40.6 Å². The summed E-state index contributed by atoms with van der Waals surface area (Å²) < 4.78 is 25.2. The van der Waals surface area contributed by atoms with E-state index < -0.39 is 23.8 Å². The Morgan fingerprint density at radius 2 is 1.85 bits per heavy atom. The topological polar surface area (TPSA) is 76.0 Å². The van der Waals surface area contributed by atoms with Crippen LogP contribution in [0.1, 0.15) is 56.6 Å². The Kier molecular flexibility index (Phi) is 7.49. The van der Waals surface area contributed by atoms with Crippen LogP contribution in [-0.2, 0) is 9.53 Å². The van der Waals surface area contributed by atoms with Crippen LogP contribution in [0.3, 0.4) is 0 Å². The van der Waals surface area contributed by atoms with Crippen LogP contribution in [0.4, 0.5) is 4.39 Å². The maximum Gasteiger partial charge on any atom is 0.308 e. The molecule has 5 nitrogen and oxygen atoms in total. The van der Waals surface area contributed by atoms with Gasteiger partial charge in [-0.2, -0.15) is 0 Å². The van der Waals surface area contributed by atoms with E-state index in [-0.39, 0.29) is 25.3 Å². The third-order valence-corrected chi connectivity index (χ3v) is 6.47. The zero-order chi connectivity index (χ0) is 24.1. The summed E-state index contributed by atoms with van der Waals surface area (Å²) in [5.74, 6) is 0.00402. The second kappa shape index (κ2) is 10.5. The van der Waals surface area contributed by atoms with E-state index in [9.17, 15) is 19.4 Å². The van der Waals surface area contributed by atoms with Crippen molar-refractivity contribution in [1.29, 1.82) is 0 Å². The second-order valence-corrected chi connectivity index (χ2v) is 8.92. The van der Waals surface area contributed by atoms with Crippen molar-refractivity contribution in [2.24, 2.45) is 0 Å². The molecule has 1 aliphatic carbocycles. The van der Waals surface area contributed by atoms with Gasteiger partial charge in [-0.3, -0.25) is 4.79 Å². The van der Waals surface area contributed by atoms with Gasteiger partial charge in [-0.25, -0.2) is 4.39 Å². The highest BCUT2D eigenvalue weighted by Crippen LogP contribution is 2.50. The van der Waals surface area contributed by atoms with Crippen molar-refractivity contribution in [2.45, 2.75) is 63.3 Å². The lowest BCUT2D eigenvalue weighted by atomic mass is 9.79. The first-order chi connectivity index (χ1) is 16.4. The van der Waals surface area contributed by atoms with Crippen molar-refractivity contribution in [3.8, 4) is 5.75 Å². The average Bonchev–Trinajstić information content (AvgIpc) is 3.26. The lowest BCUT2D eigenvalue weighted by Gasteiger charge is -2.39. The second-order valence-electron chi connectivity index (χ2n) is 8.92. The first-order valence-electron chi connectivity index (χ1n) is 11.9. The molecular formula is C28H31FO5. The van der Waals surface area contributed by atoms with Gasteiger partial charge in [0, 0.05) is 17.6 Å². The van der Waals surface area contributed by atoms with Crippen LogP contribution in [0.5, 0.6) is 5.75 Å². The molecule has 0 bridgehead atoms. The minimum atomic E-state index is -1.01. The van der Waals surface area contributed by atoms with Gasteiger partial charge in [0.25, 0.3) is 0 Å². The number of hydrogen-bond acceptors (Lipinski definition) is 5. The zero-order valence-electron chi connectivity index (χ0n) is 19.4. The Balaban J connectivity index is 1.70. The van der Waals surface area contributed by atoms with Gasteiger partial charge in [-0.15, -0.1) is 0 Å². The summed E-state index contributed by atoms with van der Waals surface area (Å²) in [5.41, 5.74) is 3.16. The van der Waals surface area contributed by atoms with Crippen LogP contribution in [0.25, 0.3) is 5.57 Å². The molecule has 1 saturated carbocycles. The number of para-hydroxylation sites is 1. The molecule has 2 aromatic rings. The van der Waals surface area contributed by atoms with Crippen LogP contribution < -0.4 is 4.74 Å². The Bertz CT molecular complexity index is 1070. The number of aliphatic hydroxyl groups is 2. The quantitative estimate of drug-likeness (QED) is 0.538. The highest BCUT2D eigenvalue weighted by atomic mass is 19.1. The number of rotatable bonds is 8. The van der Waals surface area contributed by atoms with Gasteiger partial charge in [0.1, 0.15) is 17.2 Å². The number of carbonyl (C=O) groups is 1. The van der Waals surface area contributed by atoms with Gasteiger partial charge in [-0.05, 0) is 61.9 Å². The van der Waals surface area contributed by atoms with Gasteiger partial charge >= 0.3 is 5.97 Å². The molecule has 2 atom stereocenters. The summed E-state index contributed by atoms with van der Waals surface area (Å²) in [6.45, 7) is 1.95. The van der Waals surface area contributed by atoms with Crippen LogP contribution in [0, 0.1) is 5.82 Å². The summed E-state index contributed by atoms with van der Waals surface area (Å²) in [6, 6.07) is 14.3. The van der Waals surface area contributed by atoms with Crippen LogP contribution >= 0.6 is 0 Å². The van der Waals surface area contributed by atoms with Crippen molar-refractivity contribution in [3.63, 3.8) is 0 Å². The molecule has 2 aliphatic rings. The number of hydrogen-bond donors (Lipinski definition) is 2. The number of ether oxygens (including phenoxy) is 2. The van der Waals surface area contributed by atoms with Crippen molar-refractivity contribution in [1.82, 2.24) is 0 Å². The Hall–Kier alpha value is -2.96. The molecule has 34 heavy (non-hydrogen) atoms. The summed E-state index contributed by atoms with van der Waals surface area (Å²) in [7, 11) is 0. The summed E-state index contributed by atoms with van der Waals surface area (Å²) in [5, 5.41) is 20.8. The third-order valence-electron chi connectivity index (χ3n) is 6.47. The lowest BCUT2D eigenvalue weighted by Crippen LogP contribution is -2.38. The minimum Gasteiger partial charge on any atom is -0.482 e. The standard InChI is InChI=1S/C28H31FO5/c1-2-33-26(32)18-22(31)17-21(30)13-14-24-27(19-9-11-20(29)12-10-19)23-7-3-4-8-25(23)34-28(24)15-5-6-16-28/h3-4,7-14,21-22,30-31H,2,5-6,15-18H2,1H3/t21-,22+/m1/s1. The molecule has 180 valence electrons. The molecule has 1 fully saturated rings. The molecular weight excluding hydrogens is 435 g/mol. The summed E-state index contributed by atoms with van der Waals surface area (Å²) in [4.78, 5) is 11.6. The fraction of sp³-hybridized carbons (Fsp3) is 0.393. The zero-order valence-corrected chi connectivity index (χ0v) is 19.4. The van der Waals surface area contributed by atoms with Gasteiger partial charge in [0.15, 0.2) is 0 Å². The number of benzene rings is 2. The number of fused-ring (bicyclic) bond motifs is 1. The van der Waals surface area contributed by atoms with E-state index in [1.165, 1.54) is 12.1 Å². The number of esters is 1. The van der Waals surface area contributed by atoms with E-state index in [1.54, 1.807) is 25.1 Å². The van der Waals surface area contributed by atoms with Gasteiger partial charge < -0.3 is 19.7 Å². The molecule has 0 amide bonds. The van der Waals surface area contributed by atoms with Crippen molar-refractivity contribution in [2.75, 3.05) is 6.61 Å². The van der Waals surface area contributed by atoms with Crippen LogP contribution in [0.15, 0.2) is 66.3 Å². The Labute approximate surface area is 199 Å². The normalized spacial score (nSPS) is 18.6. The molecule has 0 aromatic heterocycles. The largest absolute Gasteiger partial charge is 0.482 e. The highest BCUT2D eigenvalue weighted by molar-refractivity contribution is 5.89. The SMILES string of the molecule is CCOC(=O)C[C@@H](O)C[C@H](O)C=CC1=C(c2ccc(F)cc2)c2ccccc2OC12CCCC2. The van der Waals surface area contributed by atoms with E-state index in [4.69, 9.17) is 9.47 Å². The lowest BCUT2D eigenvalue weighted by molar-refractivity contribution is -0.145. The molecule has 0 unspecified atom stereocenters. The van der Waals surface area contributed by atoms with E-state index in [0.717, 1.165) is 53.7 Å². The third kappa shape index (κ3) is 5.24.